The van der Waals surface area contributed by atoms with Gasteiger partial charge < -0.3 is 0 Å². The van der Waals surface area contributed by atoms with Crippen LogP contribution >= 0.6 is 0 Å². The molecule has 0 radical (unpaired) electrons. The van der Waals surface area contributed by atoms with Gasteiger partial charge >= 0.3 is 0 Å². The number of hydrogen-bond acceptors (Lipinski definition) is 7. The van der Waals surface area contributed by atoms with Crippen LogP contribution in [-0.4, -0.2) is 50.6 Å². The smallest absolute Gasteiger partial charge is 0.264 e. The molecule has 0 atom stereocenters. The molecule has 0 amide bonds. The molecule has 8 nitrogen and oxygen atoms in total. The van der Waals surface area contributed by atoms with Gasteiger partial charge in [0.1, 0.15) is 6.61 Å². The number of nitrogens with zero attached hydrogens (tertiary/aromatic N) is 3. The number of hydrogen-bond donors (Lipinski definition) is 0. The second-order valence-corrected chi connectivity index (χ2v) is 11.4. The fourth-order valence-corrected chi connectivity index (χ4v) is 4.32. The standard InChI is InChI=1S/C22H19F2N3O5S2/c1-33(28,29)19-5-3-4-16(10-19)20-12-26-27-13-17(11-25-21(20)27)15-6-8-18(9-7-15)22(23,24)14-32-34(2,30)31/h3-13H,14H2,1-2H3. The summed E-state index contributed by atoms with van der Waals surface area (Å²) in [6, 6.07) is 11.8. The van der Waals surface area contributed by atoms with Gasteiger partial charge in [0.05, 0.1) is 17.3 Å². The third-order valence-electron chi connectivity index (χ3n) is 5.02. The molecule has 4 rings (SSSR count). The summed E-state index contributed by atoms with van der Waals surface area (Å²) in [6.45, 7) is -1.28. The minimum Gasteiger partial charge on any atom is -0.264 e. The molecule has 4 aromatic rings. The van der Waals surface area contributed by atoms with E-state index in [0.717, 1.165) is 6.26 Å². The van der Waals surface area contributed by atoms with Crippen molar-refractivity contribution in [3.05, 3.63) is 72.7 Å². The molecule has 0 N–H and O–H groups in total. The first-order chi connectivity index (χ1) is 15.8. The van der Waals surface area contributed by atoms with Crippen molar-refractivity contribution < 1.29 is 29.8 Å². The predicted molar refractivity (Wildman–Crippen MR) is 122 cm³/mol. The monoisotopic (exact) mass is 507 g/mol. The molecule has 0 fully saturated rings. The molecule has 0 aliphatic heterocycles. The largest absolute Gasteiger partial charge is 0.297 e. The van der Waals surface area contributed by atoms with Crippen LogP contribution in [0.15, 0.2) is 72.0 Å². The molecular formula is C22H19F2N3O5S2. The van der Waals surface area contributed by atoms with Gasteiger partial charge in [-0.2, -0.15) is 22.3 Å². The van der Waals surface area contributed by atoms with Gasteiger partial charge in [-0.05, 0) is 23.3 Å². The average molecular weight is 508 g/mol. The molecule has 34 heavy (non-hydrogen) atoms. The SMILES string of the molecule is CS(=O)(=O)OCC(F)(F)c1ccc(-c2cnc3c(-c4cccc(S(C)(=O)=O)c4)cnn3c2)cc1. The van der Waals surface area contributed by atoms with Gasteiger partial charge in [-0.1, -0.05) is 36.4 Å². The van der Waals surface area contributed by atoms with Crippen molar-refractivity contribution in [2.24, 2.45) is 0 Å². The van der Waals surface area contributed by atoms with E-state index in [1.807, 2.05) is 0 Å². The van der Waals surface area contributed by atoms with E-state index in [1.165, 1.54) is 34.8 Å². The van der Waals surface area contributed by atoms with Crippen molar-refractivity contribution in [1.82, 2.24) is 14.6 Å². The third kappa shape index (κ3) is 5.13. The Morgan fingerprint density at radius 1 is 0.941 bits per heavy atom. The Morgan fingerprint density at radius 2 is 1.65 bits per heavy atom. The Morgan fingerprint density at radius 3 is 2.29 bits per heavy atom. The number of rotatable bonds is 7. The molecule has 0 saturated heterocycles. The lowest BCUT2D eigenvalue weighted by molar-refractivity contribution is -0.0447. The normalized spacial score (nSPS) is 12.8. The fourth-order valence-electron chi connectivity index (χ4n) is 3.29. The zero-order chi connectivity index (χ0) is 24.7. The Balaban J connectivity index is 1.62. The summed E-state index contributed by atoms with van der Waals surface area (Å²) in [5, 5.41) is 4.29. The first-order valence-electron chi connectivity index (χ1n) is 9.80. The van der Waals surface area contributed by atoms with Gasteiger partial charge in [-0.25, -0.2) is 17.9 Å². The highest BCUT2D eigenvalue weighted by molar-refractivity contribution is 7.90. The maximum absolute atomic E-state index is 14.2. The fraction of sp³-hybridized carbons (Fsp3) is 0.182. The Bertz CT molecular complexity index is 1580. The second kappa shape index (κ2) is 8.53. The molecule has 2 aromatic carbocycles. The van der Waals surface area contributed by atoms with E-state index in [9.17, 15) is 25.6 Å². The summed E-state index contributed by atoms with van der Waals surface area (Å²) >= 11 is 0. The van der Waals surface area contributed by atoms with Crippen LogP contribution in [0.1, 0.15) is 5.56 Å². The van der Waals surface area contributed by atoms with E-state index in [1.54, 1.807) is 36.8 Å². The second-order valence-electron chi connectivity index (χ2n) is 7.72. The van der Waals surface area contributed by atoms with E-state index >= 15 is 0 Å². The highest BCUT2D eigenvalue weighted by Gasteiger charge is 2.33. The average Bonchev–Trinajstić information content (AvgIpc) is 3.20. The summed E-state index contributed by atoms with van der Waals surface area (Å²) in [5.41, 5.74) is 2.58. The molecule has 0 unspecified atom stereocenters. The van der Waals surface area contributed by atoms with Crippen LogP contribution in [0.2, 0.25) is 0 Å². The van der Waals surface area contributed by atoms with Gasteiger partial charge in [0, 0.05) is 35.3 Å². The molecule has 2 aromatic heterocycles. The summed E-state index contributed by atoms with van der Waals surface area (Å²) in [6.07, 6.45) is 6.64. The number of sulfone groups is 1. The van der Waals surface area contributed by atoms with Crippen molar-refractivity contribution in [1.29, 1.82) is 0 Å². The zero-order valence-corrected chi connectivity index (χ0v) is 19.6. The molecule has 178 valence electrons. The van der Waals surface area contributed by atoms with Gasteiger partial charge in [0.2, 0.25) is 0 Å². The van der Waals surface area contributed by atoms with Crippen molar-refractivity contribution in [2.75, 3.05) is 19.1 Å². The van der Waals surface area contributed by atoms with Crippen LogP contribution in [0.5, 0.6) is 0 Å². The number of benzene rings is 2. The summed E-state index contributed by atoms with van der Waals surface area (Å²) in [7, 11) is -7.37. The highest BCUT2D eigenvalue weighted by Crippen LogP contribution is 2.31. The molecule has 0 aliphatic carbocycles. The Hall–Kier alpha value is -3.22. The lowest BCUT2D eigenvalue weighted by Gasteiger charge is -2.16. The Kier molecular flexibility index (Phi) is 6.00. The summed E-state index contributed by atoms with van der Waals surface area (Å²) < 4.78 is 80.0. The quantitative estimate of drug-likeness (QED) is 0.352. The van der Waals surface area contributed by atoms with Crippen molar-refractivity contribution >= 4 is 25.6 Å². The number of halogens is 2. The van der Waals surface area contributed by atoms with Crippen LogP contribution in [-0.2, 0) is 30.1 Å². The van der Waals surface area contributed by atoms with Gasteiger partial charge in [-0.15, -0.1) is 0 Å². The minimum atomic E-state index is -3.99. The first kappa shape index (κ1) is 23.9. The number of aromatic nitrogens is 3. The van der Waals surface area contributed by atoms with Gasteiger partial charge in [-0.3, -0.25) is 4.18 Å². The van der Waals surface area contributed by atoms with E-state index < -0.39 is 32.5 Å². The molecule has 2 heterocycles. The van der Waals surface area contributed by atoms with Crippen LogP contribution in [0.3, 0.4) is 0 Å². The molecule has 0 saturated carbocycles. The van der Waals surface area contributed by atoms with Crippen molar-refractivity contribution in [3.8, 4) is 22.3 Å². The van der Waals surface area contributed by atoms with E-state index in [-0.39, 0.29) is 10.5 Å². The highest BCUT2D eigenvalue weighted by atomic mass is 32.2. The Labute approximate surface area is 194 Å². The maximum Gasteiger partial charge on any atom is 0.297 e. The number of fused-ring (bicyclic) bond motifs is 1. The van der Waals surface area contributed by atoms with E-state index in [2.05, 4.69) is 14.3 Å². The van der Waals surface area contributed by atoms with Crippen LogP contribution in [0.4, 0.5) is 8.78 Å². The lowest BCUT2D eigenvalue weighted by Crippen LogP contribution is -2.23. The van der Waals surface area contributed by atoms with Gasteiger partial charge in [0.25, 0.3) is 16.0 Å². The summed E-state index contributed by atoms with van der Waals surface area (Å²) in [5.74, 6) is -3.48. The first-order valence-corrected chi connectivity index (χ1v) is 13.5. The maximum atomic E-state index is 14.2. The van der Waals surface area contributed by atoms with Crippen LogP contribution < -0.4 is 0 Å². The molecule has 0 spiro atoms. The topological polar surface area (TPSA) is 108 Å². The predicted octanol–water partition coefficient (Wildman–Crippen LogP) is 3.53. The molecule has 12 heteroatoms. The molecule has 0 aliphatic rings. The van der Waals surface area contributed by atoms with E-state index in [0.29, 0.717) is 34.2 Å². The van der Waals surface area contributed by atoms with Crippen LogP contribution in [0.25, 0.3) is 27.9 Å². The minimum absolute atomic E-state index is 0.180. The molecule has 0 bridgehead atoms. The third-order valence-corrected chi connectivity index (χ3v) is 6.68. The van der Waals surface area contributed by atoms with Gasteiger partial charge in [0.15, 0.2) is 15.5 Å². The van der Waals surface area contributed by atoms with Crippen molar-refractivity contribution in [3.63, 3.8) is 0 Å². The lowest BCUT2D eigenvalue weighted by atomic mass is 10.0. The zero-order valence-electron chi connectivity index (χ0n) is 18.0. The van der Waals surface area contributed by atoms with Crippen LogP contribution in [0, 0.1) is 0 Å². The van der Waals surface area contributed by atoms with E-state index in [4.69, 9.17) is 0 Å². The van der Waals surface area contributed by atoms with Crippen molar-refractivity contribution in [2.45, 2.75) is 10.8 Å². The molecular weight excluding hydrogens is 488 g/mol. The summed E-state index contributed by atoms with van der Waals surface area (Å²) in [4.78, 5) is 4.61. The number of alkyl halides is 2.